The maximum Gasteiger partial charge on any atom is 3.00 e. The number of hydrogen-bond donors (Lipinski definition) is 0. The summed E-state index contributed by atoms with van der Waals surface area (Å²) >= 11 is -10.9. The fraction of sp³-hybridized carbons (Fsp3) is 0. The van der Waals surface area contributed by atoms with Crippen molar-refractivity contribution in [2.45, 2.75) is 0 Å². The van der Waals surface area contributed by atoms with E-state index < -0.39 is 44.4 Å². The van der Waals surface area contributed by atoms with Crippen molar-refractivity contribution in [1.29, 1.82) is 0 Å². The van der Waals surface area contributed by atoms with E-state index in [0.717, 1.165) is 0 Å². The molecule has 0 aliphatic rings. The molecule has 0 atom stereocenters. The first kappa shape index (κ1) is 105. The molecule has 18 nitrogen and oxygen atoms in total. The van der Waals surface area contributed by atoms with E-state index in [0.29, 0.717) is 0 Å². The molecule has 151 valence electrons. The van der Waals surface area contributed by atoms with Crippen molar-refractivity contribution in [3.05, 3.63) is 0 Å². The molecule has 22 heavy (non-hydrogen) atoms. The number of hydrogen-bond acceptors (Lipinski definition) is 9. The maximum atomic E-state index is 8.52. The summed E-state index contributed by atoms with van der Waals surface area (Å²) in [5.41, 5.74) is 0. The minimum Gasteiger partial charge on any atom is -0.412 e. The standard InChI is InChI=1S/3BrO3.Nd.9H2O/c3*2-1(3)4;;;;;;;;;;/h;;;;9*1H2/q3*-1;+3;;;;;;;;;. The largest absolute Gasteiger partial charge is 3.00 e. The third-order valence-corrected chi connectivity index (χ3v) is 0. The van der Waals surface area contributed by atoms with Crippen molar-refractivity contribution in [2.75, 3.05) is 0 Å². The van der Waals surface area contributed by atoms with Crippen LogP contribution in [0.1, 0.15) is 0 Å². The average molecular weight is 690 g/mol. The Morgan fingerprint density at radius 3 is 0.273 bits per heavy atom. The predicted molar refractivity (Wildman–Crippen MR) is 32.5 cm³/mol. The zero-order chi connectivity index (χ0) is 10.7. The molecule has 0 aliphatic heterocycles. The maximum absolute atomic E-state index is 8.52. The molecular weight excluding hydrogens is 672 g/mol. The first-order chi connectivity index (χ1) is 5.20. The molecule has 0 saturated carbocycles. The van der Waals surface area contributed by atoms with Crippen LogP contribution in [0.4, 0.5) is 0 Å². The van der Waals surface area contributed by atoms with Crippen LogP contribution in [0, 0.1) is 85.3 Å². The normalized spacial score (nSPS) is 4.91. The summed E-state index contributed by atoms with van der Waals surface area (Å²) in [5.74, 6) is 0. The molecule has 0 aliphatic carbocycles. The molecule has 18 N–H and O–H groups in total. The Bertz CT molecular complexity index is 46.8. The molecule has 0 aromatic heterocycles. The van der Waals surface area contributed by atoms with Gasteiger partial charge in [0.2, 0.25) is 44.4 Å². The van der Waals surface area contributed by atoms with Gasteiger partial charge < -0.3 is 87.1 Å². The summed E-state index contributed by atoms with van der Waals surface area (Å²) in [7, 11) is 0. The Hall–Kier alpha value is 2.07. The Morgan fingerprint density at radius 1 is 0.273 bits per heavy atom. The van der Waals surface area contributed by atoms with E-state index in [1.54, 1.807) is 0 Å². The van der Waals surface area contributed by atoms with Gasteiger partial charge in [-0.2, -0.15) is 0 Å². The van der Waals surface area contributed by atoms with Crippen molar-refractivity contribution in [1.82, 2.24) is 0 Å². The molecule has 0 aromatic rings. The van der Waals surface area contributed by atoms with E-state index in [9.17, 15) is 0 Å². The fourth-order valence-corrected chi connectivity index (χ4v) is 0. The van der Waals surface area contributed by atoms with Gasteiger partial charge in [-0.05, 0) is 0 Å². The quantitative estimate of drug-likeness (QED) is 0.232. The van der Waals surface area contributed by atoms with Crippen LogP contribution in [0.25, 0.3) is 0 Å². The van der Waals surface area contributed by atoms with Gasteiger partial charge >= 0.3 is 40.8 Å². The van der Waals surface area contributed by atoms with Crippen LogP contribution < -0.4 is 37.8 Å². The second-order valence-corrected chi connectivity index (χ2v) is 2.95. The van der Waals surface area contributed by atoms with Gasteiger partial charge in [0, 0.05) is 0 Å². The zero-order valence-corrected chi connectivity index (χ0v) is 17.8. The van der Waals surface area contributed by atoms with Crippen LogP contribution in [0.15, 0.2) is 0 Å². The molecule has 0 aromatic carbocycles. The summed E-state index contributed by atoms with van der Waals surface area (Å²) in [4.78, 5) is 0. The molecular formula is H18Br3NdO18. The predicted octanol–water partition coefficient (Wildman–Crippen LogP) is -18.1. The topological polar surface area (TPSA) is 491 Å². The molecule has 0 spiro atoms. The van der Waals surface area contributed by atoms with Gasteiger partial charge in [0.25, 0.3) is 0 Å². The molecule has 0 bridgehead atoms. The summed E-state index contributed by atoms with van der Waals surface area (Å²) in [5, 5.41) is 0. The van der Waals surface area contributed by atoms with Gasteiger partial charge in [-0.3, -0.25) is 0 Å². The summed E-state index contributed by atoms with van der Waals surface area (Å²) in [6.07, 6.45) is 0. The van der Waals surface area contributed by atoms with Crippen molar-refractivity contribution in [3.63, 3.8) is 0 Å². The van der Waals surface area contributed by atoms with E-state index in [-0.39, 0.29) is 90.1 Å². The van der Waals surface area contributed by atoms with Crippen molar-refractivity contribution in [3.8, 4) is 0 Å². The Labute approximate surface area is 171 Å². The van der Waals surface area contributed by atoms with Crippen molar-refractivity contribution < 1.29 is 172 Å². The van der Waals surface area contributed by atoms with Crippen LogP contribution >= 0.6 is 0 Å². The van der Waals surface area contributed by atoms with Crippen LogP contribution in [0.3, 0.4) is 0 Å². The molecule has 0 rings (SSSR count). The van der Waals surface area contributed by atoms with Gasteiger partial charge in [0.05, 0.1) is 0 Å². The van der Waals surface area contributed by atoms with Crippen LogP contribution in [-0.4, -0.2) is 49.3 Å². The molecule has 0 heterocycles. The fourth-order valence-electron chi connectivity index (χ4n) is 0. The van der Waals surface area contributed by atoms with Gasteiger partial charge in [0.1, 0.15) is 0 Å². The monoisotopic (exact) mass is 685 g/mol. The SMILES string of the molecule is O.O.O.O.O.O.O.O.O.[Nd+3].[O-][Br+2]([O-])[O-].[O-][Br+2]([O-])[O-].[O-][Br+2]([O-])[O-]. The Kier molecular flexibility index (Phi) is 436. The number of rotatable bonds is 0. The zero-order valence-electron chi connectivity index (χ0n) is 9.81. The smallest absolute Gasteiger partial charge is 0.412 e. The summed E-state index contributed by atoms with van der Waals surface area (Å²) in [6, 6.07) is 0. The second-order valence-electron chi connectivity index (χ2n) is 0.567. The number of halogens is 3. The molecule has 0 amide bonds. The average Bonchev–Trinajstić information content (AvgIpc) is 1.54. The van der Waals surface area contributed by atoms with Gasteiger partial charge in [-0.15, -0.1) is 0 Å². The van der Waals surface area contributed by atoms with E-state index in [2.05, 4.69) is 0 Å². The molecule has 22 heteroatoms. The van der Waals surface area contributed by atoms with E-state index in [1.165, 1.54) is 0 Å². The first-order valence-electron chi connectivity index (χ1n) is 1.39. The van der Waals surface area contributed by atoms with Gasteiger partial charge in [-0.1, -0.05) is 0 Å². The minimum atomic E-state index is -3.65. The summed E-state index contributed by atoms with van der Waals surface area (Å²) < 4.78 is 76.7. The third kappa shape index (κ3) is 2290. The van der Waals surface area contributed by atoms with Crippen molar-refractivity contribution >= 4 is 0 Å². The second kappa shape index (κ2) is 91.7. The molecule has 0 unspecified atom stereocenters. The molecule has 0 fully saturated rings. The minimum absolute atomic E-state index is 0. The van der Waals surface area contributed by atoms with Gasteiger partial charge in [0.15, 0.2) is 0 Å². The van der Waals surface area contributed by atoms with E-state index >= 15 is 0 Å². The summed E-state index contributed by atoms with van der Waals surface area (Å²) in [6.45, 7) is 0. The Balaban J connectivity index is -0.00000000409. The first-order valence-corrected chi connectivity index (χ1v) is 7.22. The molecule has 1 radical (unpaired) electrons. The van der Waals surface area contributed by atoms with Crippen LogP contribution in [-0.2, 0) is 0 Å². The molecule has 0 saturated heterocycles. The van der Waals surface area contributed by atoms with Crippen molar-refractivity contribution in [2.24, 2.45) is 0 Å². The van der Waals surface area contributed by atoms with Gasteiger partial charge in [-0.25, -0.2) is 0 Å². The van der Waals surface area contributed by atoms with E-state index in [4.69, 9.17) is 37.8 Å². The Morgan fingerprint density at radius 2 is 0.273 bits per heavy atom. The van der Waals surface area contributed by atoms with Crippen LogP contribution in [0.5, 0.6) is 0 Å². The van der Waals surface area contributed by atoms with E-state index in [1.807, 2.05) is 0 Å². The third-order valence-electron chi connectivity index (χ3n) is 0. The van der Waals surface area contributed by atoms with Crippen LogP contribution in [0.2, 0.25) is 0 Å².